The zero-order valence-corrected chi connectivity index (χ0v) is 14.3. The third-order valence-corrected chi connectivity index (χ3v) is 4.96. The monoisotopic (exact) mass is 324 g/mol. The van der Waals surface area contributed by atoms with Gasteiger partial charge >= 0.3 is 0 Å². The molecule has 0 spiro atoms. The van der Waals surface area contributed by atoms with Gasteiger partial charge in [-0.25, -0.2) is 0 Å². The Morgan fingerprint density at radius 1 is 1.04 bits per heavy atom. The van der Waals surface area contributed by atoms with Crippen LogP contribution in [0.3, 0.4) is 0 Å². The highest BCUT2D eigenvalue weighted by atomic mass is 16.4. The fraction of sp³-hybridized carbons (Fsp3) is 0.350. The van der Waals surface area contributed by atoms with E-state index < -0.39 is 5.97 Å². The molecule has 1 aliphatic heterocycles. The number of nitrogens with one attached hydrogen (secondary N) is 1. The normalized spacial score (nSPS) is 15.5. The summed E-state index contributed by atoms with van der Waals surface area (Å²) >= 11 is 0. The molecule has 0 atom stereocenters. The first kappa shape index (κ1) is 16.5. The lowest BCUT2D eigenvalue weighted by Gasteiger charge is -2.33. The number of rotatable bonds is 4. The summed E-state index contributed by atoms with van der Waals surface area (Å²) in [4.78, 5) is 14.7. The largest absolute Gasteiger partial charge is 0.545 e. The van der Waals surface area contributed by atoms with E-state index in [1.165, 1.54) is 16.7 Å². The molecule has 1 aliphatic rings. The maximum Gasteiger partial charge on any atom is 0.103 e. The van der Waals surface area contributed by atoms with E-state index in [4.69, 9.17) is 0 Å². The van der Waals surface area contributed by atoms with Crippen LogP contribution in [0.15, 0.2) is 42.5 Å². The summed E-state index contributed by atoms with van der Waals surface area (Å²) in [6.45, 7) is 9.55. The predicted octanol–water partition coefficient (Wildman–Crippen LogP) is 0.572. The Kier molecular flexibility index (Phi) is 4.86. The molecule has 1 heterocycles. The van der Waals surface area contributed by atoms with Crippen molar-refractivity contribution in [1.82, 2.24) is 0 Å². The summed E-state index contributed by atoms with van der Waals surface area (Å²) in [5.74, 6) is -1.12. The number of hydrogen-bond acceptors (Lipinski definition) is 3. The van der Waals surface area contributed by atoms with Crippen LogP contribution in [0, 0.1) is 13.8 Å². The van der Waals surface area contributed by atoms with Crippen LogP contribution in [0.1, 0.15) is 27.0 Å². The molecule has 1 fully saturated rings. The molecule has 2 aromatic carbocycles. The predicted molar refractivity (Wildman–Crippen MR) is 93.3 cm³/mol. The Labute approximate surface area is 143 Å². The highest BCUT2D eigenvalue weighted by Crippen LogP contribution is 2.15. The third-order valence-electron chi connectivity index (χ3n) is 4.96. The lowest BCUT2D eigenvalue weighted by Crippen LogP contribution is -3.13. The van der Waals surface area contributed by atoms with Crippen molar-refractivity contribution >= 4 is 11.7 Å². The van der Waals surface area contributed by atoms with Gasteiger partial charge in [0.05, 0.1) is 32.1 Å². The summed E-state index contributed by atoms with van der Waals surface area (Å²) < 4.78 is 0. The van der Waals surface area contributed by atoms with Crippen molar-refractivity contribution in [3.05, 3.63) is 64.7 Å². The van der Waals surface area contributed by atoms with E-state index >= 15 is 0 Å². The molecular formula is C20H24N2O2. The molecular weight excluding hydrogens is 300 g/mol. The van der Waals surface area contributed by atoms with Crippen LogP contribution in [0.2, 0.25) is 0 Å². The molecule has 0 amide bonds. The number of quaternary nitrogens is 1. The van der Waals surface area contributed by atoms with Crippen molar-refractivity contribution in [2.45, 2.75) is 20.4 Å². The summed E-state index contributed by atoms with van der Waals surface area (Å²) in [6, 6.07) is 13.7. The van der Waals surface area contributed by atoms with Gasteiger partial charge in [-0.2, -0.15) is 0 Å². The van der Waals surface area contributed by atoms with Gasteiger partial charge in [-0.15, -0.1) is 0 Å². The van der Waals surface area contributed by atoms with E-state index in [9.17, 15) is 9.90 Å². The van der Waals surface area contributed by atoms with Gasteiger partial charge in [0, 0.05) is 11.3 Å². The molecule has 4 nitrogen and oxygen atoms in total. The van der Waals surface area contributed by atoms with Gasteiger partial charge in [-0.1, -0.05) is 30.3 Å². The van der Waals surface area contributed by atoms with Crippen molar-refractivity contribution in [2.75, 3.05) is 31.1 Å². The number of piperazine rings is 1. The molecule has 1 saturated heterocycles. The molecule has 0 saturated carbocycles. The van der Waals surface area contributed by atoms with Crippen LogP contribution in [0.25, 0.3) is 0 Å². The topological polar surface area (TPSA) is 47.8 Å². The fourth-order valence-corrected chi connectivity index (χ4v) is 3.27. The van der Waals surface area contributed by atoms with E-state index in [0.717, 1.165) is 38.4 Å². The molecule has 1 N–H and O–H groups in total. The molecule has 3 rings (SSSR count). The quantitative estimate of drug-likeness (QED) is 0.895. The number of carboxylic acid groups (broad SMARTS) is 1. The Morgan fingerprint density at radius 3 is 2.29 bits per heavy atom. The van der Waals surface area contributed by atoms with Gasteiger partial charge in [-0.3, -0.25) is 0 Å². The summed E-state index contributed by atoms with van der Waals surface area (Å²) in [5.41, 5.74) is 5.43. The second kappa shape index (κ2) is 7.05. The number of anilines is 1. The van der Waals surface area contributed by atoms with Gasteiger partial charge in [0.1, 0.15) is 6.54 Å². The molecule has 0 radical (unpaired) electrons. The molecule has 126 valence electrons. The van der Waals surface area contributed by atoms with Gasteiger partial charge < -0.3 is 19.7 Å². The molecule has 24 heavy (non-hydrogen) atoms. The lowest BCUT2D eigenvalue weighted by atomic mass is 10.1. The standard InChI is InChI=1S/C20H24N2O2/c1-15-3-4-17(13-16(15)2)14-21-9-11-22(12-10-21)19-7-5-18(6-8-19)20(23)24/h3-8,13H,9-12,14H2,1-2H3,(H,23,24). The van der Waals surface area contributed by atoms with E-state index in [2.05, 4.69) is 36.9 Å². The van der Waals surface area contributed by atoms with Crippen LogP contribution in [-0.4, -0.2) is 32.1 Å². The van der Waals surface area contributed by atoms with Crippen molar-refractivity contribution < 1.29 is 14.8 Å². The van der Waals surface area contributed by atoms with E-state index in [1.807, 2.05) is 12.1 Å². The third kappa shape index (κ3) is 3.77. The van der Waals surface area contributed by atoms with E-state index in [0.29, 0.717) is 0 Å². The number of aryl methyl sites for hydroxylation is 2. The first-order valence-corrected chi connectivity index (χ1v) is 8.49. The average molecular weight is 324 g/mol. The molecule has 0 aliphatic carbocycles. The van der Waals surface area contributed by atoms with E-state index in [-0.39, 0.29) is 5.56 Å². The minimum Gasteiger partial charge on any atom is -0.545 e. The van der Waals surface area contributed by atoms with Crippen LogP contribution in [0.5, 0.6) is 0 Å². The zero-order valence-electron chi connectivity index (χ0n) is 14.3. The van der Waals surface area contributed by atoms with Gasteiger partial charge in [-0.05, 0) is 42.7 Å². The minimum absolute atomic E-state index is 0.234. The smallest absolute Gasteiger partial charge is 0.103 e. The summed E-state index contributed by atoms with van der Waals surface area (Å²) in [6.07, 6.45) is 0. The Balaban J connectivity index is 1.57. The SMILES string of the molecule is Cc1ccc(C[NH+]2CCN(c3ccc(C(=O)[O-])cc3)CC2)cc1C. The van der Waals surface area contributed by atoms with Crippen molar-refractivity contribution in [1.29, 1.82) is 0 Å². The zero-order chi connectivity index (χ0) is 17.1. The van der Waals surface area contributed by atoms with Gasteiger partial charge in [0.15, 0.2) is 0 Å². The lowest BCUT2D eigenvalue weighted by molar-refractivity contribution is -0.914. The molecule has 0 unspecified atom stereocenters. The number of nitrogens with zero attached hydrogens (tertiary/aromatic N) is 1. The van der Waals surface area contributed by atoms with Crippen LogP contribution in [-0.2, 0) is 6.54 Å². The first-order chi connectivity index (χ1) is 11.5. The fourth-order valence-electron chi connectivity index (χ4n) is 3.27. The number of carbonyl (C=O) groups excluding carboxylic acids is 1. The van der Waals surface area contributed by atoms with Crippen LogP contribution in [0.4, 0.5) is 5.69 Å². The maximum atomic E-state index is 10.8. The molecule has 4 heteroatoms. The number of aromatic carboxylic acids is 1. The van der Waals surface area contributed by atoms with Crippen LogP contribution >= 0.6 is 0 Å². The molecule has 0 aromatic heterocycles. The Morgan fingerprint density at radius 2 is 1.71 bits per heavy atom. The molecule has 2 aromatic rings. The van der Waals surface area contributed by atoms with Gasteiger partial charge in [0.2, 0.25) is 0 Å². The summed E-state index contributed by atoms with van der Waals surface area (Å²) in [5, 5.41) is 10.8. The van der Waals surface area contributed by atoms with Gasteiger partial charge in [0.25, 0.3) is 0 Å². The maximum absolute atomic E-state index is 10.8. The van der Waals surface area contributed by atoms with Crippen molar-refractivity contribution in [2.24, 2.45) is 0 Å². The highest BCUT2D eigenvalue weighted by molar-refractivity contribution is 5.86. The Hall–Kier alpha value is -2.33. The average Bonchev–Trinajstić information content (AvgIpc) is 2.59. The number of benzene rings is 2. The second-order valence-electron chi connectivity index (χ2n) is 6.67. The Bertz CT molecular complexity index is 717. The summed E-state index contributed by atoms with van der Waals surface area (Å²) in [7, 11) is 0. The molecule has 0 bridgehead atoms. The van der Waals surface area contributed by atoms with Crippen molar-refractivity contribution in [3.63, 3.8) is 0 Å². The number of carboxylic acids is 1. The minimum atomic E-state index is -1.12. The van der Waals surface area contributed by atoms with E-state index in [1.54, 1.807) is 17.0 Å². The van der Waals surface area contributed by atoms with Crippen LogP contribution < -0.4 is 14.9 Å². The highest BCUT2D eigenvalue weighted by Gasteiger charge is 2.20. The number of hydrogen-bond donors (Lipinski definition) is 1. The first-order valence-electron chi connectivity index (χ1n) is 8.49. The number of carbonyl (C=O) groups is 1. The van der Waals surface area contributed by atoms with Crippen molar-refractivity contribution in [3.8, 4) is 0 Å². The second-order valence-corrected chi connectivity index (χ2v) is 6.67.